The first-order chi connectivity index (χ1) is 16.4. The van der Waals surface area contributed by atoms with Gasteiger partial charge < -0.3 is 10.1 Å². The third-order valence-corrected chi connectivity index (χ3v) is 4.46. The Bertz CT molecular complexity index is 1180. The van der Waals surface area contributed by atoms with Crippen LogP contribution in [0.5, 0.6) is 5.88 Å². The van der Waals surface area contributed by atoms with Gasteiger partial charge >= 0.3 is 18.1 Å². The maximum Gasteiger partial charge on any atom is 0.457 e. The Labute approximate surface area is 192 Å². The maximum atomic E-state index is 14.1. The fourth-order valence-electron chi connectivity index (χ4n) is 2.82. The highest BCUT2D eigenvalue weighted by Crippen LogP contribution is 2.46. The summed E-state index contributed by atoms with van der Waals surface area (Å²) in [5.41, 5.74) is -1.60. The summed E-state index contributed by atoms with van der Waals surface area (Å²) < 4.78 is 99.3. The molecule has 2 N–H and O–H groups in total. The topological polar surface area (TPSA) is 80.3 Å². The Hall–Kier alpha value is -4.16. The van der Waals surface area contributed by atoms with E-state index in [-0.39, 0.29) is 5.69 Å². The van der Waals surface area contributed by atoms with Gasteiger partial charge in [0.2, 0.25) is 5.88 Å². The van der Waals surface area contributed by atoms with E-state index in [0.717, 1.165) is 48.7 Å². The second-order valence-corrected chi connectivity index (χ2v) is 6.92. The van der Waals surface area contributed by atoms with Gasteiger partial charge in [0.1, 0.15) is 17.2 Å². The number of imide groups is 1. The molecule has 0 radical (unpaired) electrons. The van der Waals surface area contributed by atoms with Crippen molar-refractivity contribution in [3.05, 3.63) is 89.6 Å². The molecule has 0 bridgehead atoms. The summed E-state index contributed by atoms with van der Waals surface area (Å²) in [6, 6.07) is 9.33. The number of hydrogen-bond donors (Lipinski definition) is 2. The summed E-state index contributed by atoms with van der Waals surface area (Å²) in [6.07, 6.45) is -7.83. The van der Waals surface area contributed by atoms with E-state index in [4.69, 9.17) is 4.74 Å². The fourth-order valence-corrected chi connectivity index (χ4v) is 2.82. The van der Waals surface area contributed by atoms with E-state index in [1.165, 1.54) is 18.2 Å². The number of benzene rings is 2. The molecule has 184 valence electrons. The highest BCUT2D eigenvalue weighted by atomic mass is 19.4. The molecule has 2 aromatic carbocycles. The number of pyridine rings is 1. The first-order valence-electron chi connectivity index (χ1n) is 9.58. The van der Waals surface area contributed by atoms with Gasteiger partial charge in [-0.05, 0) is 23.8 Å². The van der Waals surface area contributed by atoms with Crippen molar-refractivity contribution in [3.8, 4) is 5.88 Å². The first-order valence-corrected chi connectivity index (χ1v) is 9.58. The Morgan fingerprint density at radius 1 is 0.857 bits per heavy atom. The number of anilines is 1. The van der Waals surface area contributed by atoms with E-state index in [1.54, 1.807) is 5.32 Å². The molecule has 3 rings (SSSR count). The van der Waals surface area contributed by atoms with Crippen molar-refractivity contribution in [2.75, 3.05) is 5.32 Å². The van der Waals surface area contributed by atoms with Gasteiger partial charge in [-0.2, -0.15) is 22.0 Å². The van der Waals surface area contributed by atoms with Crippen LogP contribution in [0.15, 0.2) is 66.9 Å². The third kappa shape index (κ3) is 5.86. The largest absolute Gasteiger partial charge is 0.463 e. The number of halogens is 7. The number of alkyl halides is 5. The van der Waals surface area contributed by atoms with Gasteiger partial charge in [0.25, 0.3) is 5.91 Å². The molecular weight excluding hydrogens is 487 g/mol. The van der Waals surface area contributed by atoms with Crippen LogP contribution in [0.1, 0.15) is 22.0 Å². The molecular formula is C22H14F7N3O3. The summed E-state index contributed by atoms with van der Waals surface area (Å²) in [5, 5.41) is 3.77. The lowest BCUT2D eigenvalue weighted by molar-refractivity contribution is -0.311. The molecule has 0 saturated heterocycles. The van der Waals surface area contributed by atoms with E-state index in [2.05, 4.69) is 10.3 Å². The van der Waals surface area contributed by atoms with E-state index in [9.17, 15) is 40.3 Å². The highest BCUT2D eigenvalue weighted by molar-refractivity contribution is 6.08. The van der Waals surface area contributed by atoms with E-state index in [1.807, 2.05) is 0 Å². The quantitative estimate of drug-likeness (QED) is 0.429. The Balaban J connectivity index is 1.72. The molecule has 1 atom stereocenters. The van der Waals surface area contributed by atoms with Crippen molar-refractivity contribution < 1.29 is 45.1 Å². The Morgan fingerprint density at radius 3 is 2.03 bits per heavy atom. The summed E-state index contributed by atoms with van der Waals surface area (Å²) in [4.78, 5) is 27.4. The molecule has 0 fully saturated rings. The lowest BCUT2D eigenvalue weighted by atomic mass is 10.0. The smallest absolute Gasteiger partial charge is 0.457 e. The summed E-state index contributed by atoms with van der Waals surface area (Å²) >= 11 is 0. The molecule has 1 heterocycles. The van der Waals surface area contributed by atoms with Crippen LogP contribution in [0.4, 0.5) is 41.2 Å². The van der Waals surface area contributed by atoms with Crippen LogP contribution >= 0.6 is 0 Å². The number of aromatic nitrogens is 1. The molecule has 0 spiro atoms. The number of rotatable bonds is 6. The number of nitrogens with zero attached hydrogens (tertiary/aromatic N) is 1. The zero-order valence-corrected chi connectivity index (χ0v) is 17.2. The van der Waals surface area contributed by atoms with Crippen LogP contribution in [0.2, 0.25) is 0 Å². The van der Waals surface area contributed by atoms with Gasteiger partial charge in [-0.15, -0.1) is 0 Å². The van der Waals surface area contributed by atoms with Crippen LogP contribution in [0.25, 0.3) is 0 Å². The van der Waals surface area contributed by atoms with Crippen molar-refractivity contribution in [3.63, 3.8) is 0 Å². The second kappa shape index (κ2) is 9.99. The zero-order valence-electron chi connectivity index (χ0n) is 17.2. The summed E-state index contributed by atoms with van der Waals surface area (Å²) in [5.74, 6) is -9.69. The zero-order chi connectivity index (χ0) is 25.8. The standard InChI is InChI=1S/C22H14F7N3O3/c23-14-7-4-8-15(24)17(14)19(33)32-20(34)31-13-9-10-16(30-11-13)35-18(12-5-2-1-3-6-12)21(25,26)22(27,28)29/h1-11,18H,(H2,31,32,33,34). The van der Waals surface area contributed by atoms with Crippen LogP contribution in [0, 0.1) is 11.6 Å². The van der Waals surface area contributed by atoms with Gasteiger partial charge in [0.15, 0.2) is 6.10 Å². The van der Waals surface area contributed by atoms with Gasteiger partial charge in [-0.3, -0.25) is 10.1 Å². The molecule has 3 aromatic rings. The Morgan fingerprint density at radius 2 is 1.49 bits per heavy atom. The monoisotopic (exact) mass is 501 g/mol. The van der Waals surface area contributed by atoms with Crippen molar-refractivity contribution in [2.24, 2.45) is 0 Å². The molecule has 0 aliphatic heterocycles. The number of hydrogen-bond acceptors (Lipinski definition) is 4. The van der Waals surface area contributed by atoms with Crippen molar-refractivity contribution >= 4 is 17.6 Å². The summed E-state index contributed by atoms with van der Waals surface area (Å²) in [6.45, 7) is 0. The van der Waals surface area contributed by atoms with Gasteiger partial charge in [0.05, 0.1) is 11.9 Å². The number of urea groups is 1. The average molecular weight is 501 g/mol. The minimum Gasteiger partial charge on any atom is -0.463 e. The minimum absolute atomic E-state index is 0.143. The van der Waals surface area contributed by atoms with E-state index >= 15 is 0 Å². The molecule has 13 heteroatoms. The summed E-state index contributed by atoms with van der Waals surface area (Å²) in [7, 11) is 0. The van der Waals surface area contributed by atoms with E-state index in [0.29, 0.717) is 0 Å². The fraction of sp³-hybridized carbons (Fsp3) is 0.136. The van der Waals surface area contributed by atoms with Crippen LogP contribution in [-0.4, -0.2) is 29.0 Å². The third-order valence-electron chi connectivity index (χ3n) is 4.46. The van der Waals surface area contributed by atoms with Gasteiger partial charge in [0, 0.05) is 6.07 Å². The first kappa shape index (κ1) is 25.5. The normalized spacial score (nSPS) is 12.5. The van der Waals surface area contributed by atoms with Crippen molar-refractivity contribution in [2.45, 2.75) is 18.2 Å². The number of carbonyl (C=O) groups is 2. The predicted octanol–water partition coefficient (Wildman–Crippen LogP) is 5.64. The van der Waals surface area contributed by atoms with Crippen molar-refractivity contribution in [1.29, 1.82) is 0 Å². The number of nitrogens with one attached hydrogen (secondary N) is 2. The van der Waals surface area contributed by atoms with E-state index < -0.39 is 58.8 Å². The lowest BCUT2D eigenvalue weighted by Gasteiger charge is -2.29. The molecule has 3 amide bonds. The van der Waals surface area contributed by atoms with Crippen molar-refractivity contribution in [1.82, 2.24) is 10.3 Å². The molecule has 1 aromatic heterocycles. The number of ether oxygens (including phenoxy) is 1. The highest BCUT2D eigenvalue weighted by Gasteiger charge is 2.64. The molecule has 6 nitrogen and oxygen atoms in total. The van der Waals surface area contributed by atoms with Crippen LogP contribution < -0.4 is 15.4 Å². The van der Waals surface area contributed by atoms with Gasteiger partial charge in [-0.1, -0.05) is 36.4 Å². The minimum atomic E-state index is -5.92. The Kier molecular flexibility index (Phi) is 7.27. The number of amides is 3. The molecule has 1 unspecified atom stereocenters. The SMILES string of the molecule is O=C(NC(=O)c1c(F)cccc1F)Nc1ccc(OC(c2ccccc2)C(F)(F)C(F)(F)F)nc1. The second-order valence-electron chi connectivity index (χ2n) is 6.92. The van der Waals surface area contributed by atoms with Crippen LogP contribution in [0.3, 0.4) is 0 Å². The lowest BCUT2D eigenvalue weighted by Crippen LogP contribution is -2.44. The molecule has 0 saturated carbocycles. The predicted molar refractivity (Wildman–Crippen MR) is 108 cm³/mol. The molecule has 0 aliphatic carbocycles. The molecule has 35 heavy (non-hydrogen) atoms. The average Bonchev–Trinajstić information content (AvgIpc) is 2.78. The molecule has 0 aliphatic rings. The number of carbonyl (C=O) groups excluding carboxylic acids is 2. The maximum absolute atomic E-state index is 14.1. The van der Waals surface area contributed by atoms with Crippen LogP contribution in [-0.2, 0) is 0 Å². The van der Waals surface area contributed by atoms with Gasteiger partial charge in [-0.25, -0.2) is 18.6 Å².